The van der Waals surface area contributed by atoms with Crippen LogP contribution < -0.4 is 21.0 Å². The van der Waals surface area contributed by atoms with Gasteiger partial charge in [0, 0.05) is 25.0 Å². The Morgan fingerprint density at radius 1 is 1.27 bits per heavy atom. The maximum atomic E-state index is 12.5. The zero-order valence-corrected chi connectivity index (χ0v) is 16.9. The Bertz CT molecular complexity index is 756. The third kappa shape index (κ3) is 5.72. The van der Waals surface area contributed by atoms with Gasteiger partial charge < -0.3 is 36.3 Å². The molecule has 1 amide bonds. The molecule has 30 heavy (non-hydrogen) atoms. The zero-order valence-electron chi connectivity index (χ0n) is 16.9. The maximum Gasteiger partial charge on any atom is 0.547 e. The number of hydrogen-bond acceptors (Lipinski definition) is 7. The fourth-order valence-corrected chi connectivity index (χ4v) is 4.20. The lowest BCUT2D eigenvalue weighted by Gasteiger charge is -2.31. The molecule has 0 bridgehead atoms. The number of rotatable bonds is 8. The standard InChI is InChI=1S/C20H30BN3O6/c22-14(11-25)10-23-15-6-4-12(5-7-15)8-18(26)24-17-9-13-2-1-3-16(20(27)28)19(13)30-21(17)29/h1-3,12,14-15,17,23,25,29H,4-11,22H2,(H,24,26)(H,27,28). The van der Waals surface area contributed by atoms with E-state index in [4.69, 9.17) is 15.5 Å². The molecule has 10 heteroatoms. The molecule has 1 fully saturated rings. The van der Waals surface area contributed by atoms with E-state index in [0.717, 1.165) is 25.7 Å². The Labute approximate surface area is 176 Å². The molecule has 0 saturated heterocycles. The summed E-state index contributed by atoms with van der Waals surface area (Å²) < 4.78 is 5.42. The molecule has 1 aromatic rings. The zero-order chi connectivity index (χ0) is 21.7. The van der Waals surface area contributed by atoms with Crippen LogP contribution in [-0.2, 0) is 11.2 Å². The number of nitrogens with two attached hydrogens (primary N) is 1. The van der Waals surface area contributed by atoms with Crippen molar-refractivity contribution < 1.29 is 29.5 Å². The molecule has 1 aliphatic heterocycles. The van der Waals surface area contributed by atoms with Gasteiger partial charge in [0.25, 0.3) is 0 Å². The first-order valence-corrected chi connectivity index (χ1v) is 10.5. The summed E-state index contributed by atoms with van der Waals surface area (Å²) in [7, 11) is -1.29. The van der Waals surface area contributed by atoms with Gasteiger partial charge in [-0.3, -0.25) is 4.79 Å². The highest BCUT2D eigenvalue weighted by Crippen LogP contribution is 2.31. The van der Waals surface area contributed by atoms with Crippen LogP contribution in [0.15, 0.2) is 18.2 Å². The predicted molar refractivity (Wildman–Crippen MR) is 111 cm³/mol. The van der Waals surface area contributed by atoms with Crippen LogP contribution in [0.5, 0.6) is 5.75 Å². The van der Waals surface area contributed by atoms with E-state index in [-0.39, 0.29) is 35.8 Å². The molecule has 0 aromatic heterocycles. The number of carboxylic acids is 1. The largest absolute Gasteiger partial charge is 0.547 e. The Balaban J connectivity index is 1.47. The average Bonchev–Trinajstić information content (AvgIpc) is 2.73. The van der Waals surface area contributed by atoms with E-state index >= 15 is 0 Å². The highest BCUT2D eigenvalue weighted by atomic mass is 16.5. The lowest BCUT2D eigenvalue weighted by molar-refractivity contribution is -0.122. The number of hydrogen-bond donors (Lipinski definition) is 6. The van der Waals surface area contributed by atoms with Gasteiger partial charge in [-0.15, -0.1) is 0 Å². The fraction of sp³-hybridized carbons (Fsp3) is 0.600. The summed E-state index contributed by atoms with van der Waals surface area (Å²) in [4.78, 5) is 23.8. The van der Waals surface area contributed by atoms with Gasteiger partial charge in [0.15, 0.2) is 0 Å². The number of aliphatic hydroxyl groups excluding tert-OH is 1. The number of carbonyl (C=O) groups is 2. The summed E-state index contributed by atoms with van der Waals surface area (Å²) in [5, 5.41) is 34.7. The molecule has 7 N–H and O–H groups in total. The van der Waals surface area contributed by atoms with Crippen molar-refractivity contribution in [3.05, 3.63) is 29.3 Å². The van der Waals surface area contributed by atoms with E-state index in [1.54, 1.807) is 12.1 Å². The third-order valence-electron chi connectivity index (χ3n) is 5.92. The van der Waals surface area contributed by atoms with E-state index in [1.807, 2.05) is 0 Å². The SMILES string of the molecule is NC(CO)CNC1CCC(CC(=O)NC2Cc3cccc(C(=O)O)c3OB2O)CC1. The Kier molecular flexibility index (Phi) is 7.71. The number of aromatic carboxylic acids is 1. The van der Waals surface area contributed by atoms with Crippen LogP contribution in [0, 0.1) is 5.92 Å². The summed E-state index contributed by atoms with van der Waals surface area (Å²) in [6, 6.07) is 4.89. The van der Waals surface area contributed by atoms with Crippen molar-refractivity contribution in [1.82, 2.24) is 10.6 Å². The molecular weight excluding hydrogens is 389 g/mol. The molecule has 2 atom stereocenters. The Morgan fingerprint density at radius 2 is 2.00 bits per heavy atom. The van der Waals surface area contributed by atoms with E-state index in [0.29, 0.717) is 31.0 Å². The molecule has 164 valence electrons. The minimum Gasteiger partial charge on any atom is -0.534 e. The van der Waals surface area contributed by atoms with E-state index in [9.17, 15) is 19.7 Å². The number of carbonyl (C=O) groups excluding carboxylic acids is 1. The number of carboxylic acid groups (broad SMARTS) is 1. The quantitative estimate of drug-likeness (QED) is 0.314. The van der Waals surface area contributed by atoms with Crippen LogP contribution in [-0.4, -0.2) is 65.4 Å². The summed E-state index contributed by atoms with van der Waals surface area (Å²) in [6.07, 6.45) is 4.45. The van der Waals surface area contributed by atoms with Gasteiger partial charge >= 0.3 is 13.1 Å². The molecule has 2 unspecified atom stereocenters. The van der Waals surface area contributed by atoms with Crippen molar-refractivity contribution in [2.45, 2.75) is 56.5 Å². The summed E-state index contributed by atoms with van der Waals surface area (Å²) >= 11 is 0. The monoisotopic (exact) mass is 419 g/mol. The number of benzene rings is 1. The minimum atomic E-state index is -1.29. The first-order chi connectivity index (χ1) is 14.4. The number of para-hydroxylation sites is 1. The number of nitrogens with one attached hydrogen (secondary N) is 2. The van der Waals surface area contributed by atoms with Crippen LogP contribution in [0.4, 0.5) is 0 Å². The topological polar surface area (TPSA) is 154 Å². The second kappa shape index (κ2) is 10.3. The van der Waals surface area contributed by atoms with Crippen LogP contribution >= 0.6 is 0 Å². The molecule has 3 rings (SSSR count). The highest BCUT2D eigenvalue weighted by Gasteiger charge is 2.38. The number of amides is 1. The molecule has 2 aliphatic rings. The van der Waals surface area contributed by atoms with E-state index in [1.165, 1.54) is 6.07 Å². The number of aliphatic hydroxyl groups is 1. The average molecular weight is 419 g/mol. The fourth-order valence-electron chi connectivity index (χ4n) is 4.20. The second-order valence-corrected chi connectivity index (χ2v) is 8.26. The lowest BCUT2D eigenvalue weighted by atomic mass is 9.72. The van der Waals surface area contributed by atoms with Crippen molar-refractivity contribution in [3.63, 3.8) is 0 Å². The van der Waals surface area contributed by atoms with Crippen molar-refractivity contribution in [3.8, 4) is 5.75 Å². The first-order valence-electron chi connectivity index (χ1n) is 10.5. The van der Waals surface area contributed by atoms with Gasteiger partial charge in [-0.1, -0.05) is 12.1 Å². The van der Waals surface area contributed by atoms with Crippen LogP contribution in [0.2, 0.25) is 0 Å². The normalized spacial score (nSPS) is 24.5. The van der Waals surface area contributed by atoms with Crippen molar-refractivity contribution >= 4 is 19.0 Å². The molecule has 1 aliphatic carbocycles. The van der Waals surface area contributed by atoms with Crippen LogP contribution in [0.3, 0.4) is 0 Å². The van der Waals surface area contributed by atoms with Gasteiger partial charge in [-0.25, -0.2) is 4.79 Å². The van der Waals surface area contributed by atoms with Crippen LogP contribution in [0.1, 0.15) is 48.0 Å². The molecule has 0 spiro atoms. The molecule has 1 aromatic carbocycles. The second-order valence-electron chi connectivity index (χ2n) is 8.26. The Morgan fingerprint density at radius 3 is 2.67 bits per heavy atom. The molecule has 1 saturated carbocycles. The number of fused-ring (bicyclic) bond motifs is 1. The molecule has 0 radical (unpaired) electrons. The Hall–Kier alpha value is -2.14. The summed E-state index contributed by atoms with van der Waals surface area (Å²) in [5.41, 5.74) is 6.36. The predicted octanol–water partition coefficient (Wildman–Crippen LogP) is -0.318. The van der Waals surface area contributed by atoms with Crippen molar-refractivity contribution in [1.29, 1.82) is 0 Å². The summed E-state index contributed by atoms with van der Waals surface area (Å²) in [6.45, 7) is 0.540. The van der Waals surface area contributed by atoms with Crippen LogP contribution in [0.25, 0.3) is 0 Å². The van der Waals surface area contributed by atoms with Gasteiger partial charge in [-0.05, 0) is 49.7 Å². The molecular formula is C20H30BN3O6. The molecule has 1 heterocycles. The van der Waals surface area contributed by atoms with E-state index < -0.39 is 19.0 Å². The maximum absolute atomic E-state index is 12.5. The first kappa shape index (κ1) is 22.5. The highest BCUT2D eigenvalue weighted by molar-refractivity contribution is 6.47. The van der Waals surface area contributed by atoms with Crippen molar-refractivity contribution in [2.24, 2.45) is 11.7 Å². The minimum absolute atomic E-state index is 0.00152. The van der Waals surface area contributed by atoms with Gasteiger partial charge in [0.1, 0.15) is 5.75 Å². The third-order valence-corrected chi connectivity index (χ3v) is 5.92. The van der Waals surface area contributed by atoms with Gasteiger partial charge in [-0.2, -0.15) is 0 Å². The smallest absolute Gasteiger partial charge is 0.534 e. The van der Waals surface area contributed by atoms with Gasteiger partial charge in [0.05, 0.1) is 18.1 Å². The lowest BCUT2D eigenvalue weighted by Crippen LogP contribution is -2.53. The van der Waals surface area contributed by atoms with Gasteiger partial charge in [0.2, 0.25) is 5.91 Å². The molecule has 9 nitrogen and oxygen atoms in total. The van der Waals surface area contributed by atoms with E-state index in [2.05, 4.69) is 10.6 Å². The summed E-state index contributed by atoms with van der Waals surface area (Å²) in [5.74, 6) is -1.44. The van der Waals surface area contributed by atoms with Crippen molar-refractivity contribution in [2.75, 3.05) is 13.2 Å².